The van der Waals surface area contributed by atoms with Crippen molar-refractivity contribution in [3.05, 3.63) is 54.0 Å². The molecular weight excluding hydrogens is 280 g/mol. The number of hydrogen-bond acceptors (Lipinski definition) is 2. The van der Waals surface area contributed by atoms with Crippen molar-refractivity contribution < 1.29 is 9.15 Å². The highest BCUT2D eigenvalue weighted by Gasteiger charge is 2.12. The Balaban J connectivity index is 2.12. The molecule has 2 nitrogen and oxygen atoms in total. The van der Waals surface area contributed by atoms with Crippen LogP contribution >= 0.6 is 15.9 Å². The van der Waals surface area contributed by atoms with Gasteiger partial charge >= 0.3 is 0 Å². The van der Waals surface area contributed by atoms with E-state index in [0.29, 0.717) is 0 Å². The standard InChI is InChI=1S/C14H15BrO2/c1-10(2)17-12-7-5-11(6-8-12)14(15)13-4-3-9-16-13/h3-10,14H,1-2H3. The number of hydrogen-bond donors (Lipinski definition) is 0. The van der Waals surface area contributed by atoms with Gasteiger partial charge in [0.15, 0.2) is 0 Å². The zero-order valence-corrected chi connectivity index (χ0v) is 11.5. The van der Waals surface area contributed by atoms with Crippen LogP contribution in [0, 0.1) is 0 Å². The molecule has 0 aliphatic carbocycles. The van der Waals surface area contributed by atoms with Crippen LogP contribution in [-0.4, -0.2) is 6.10 Å². The Labute approximate surface area is 110 Å². The highest BCUT2D eigenvalue weighted by Crippen LogP contribution is 2.31. The largest absolute Gasteiger partial charge is 0.491 e. The zero-order valence-electron chi connectivity index (χ0n) is 9.89. The maximum atomic E-state index is 5.60. The minimum Gasteiger partial charge on any atom is -0.491 e. The molecule has 0 spiro atoms. The molecule has 1 heterocycles. The first-order valence-electron chi connectivity index (χ1n) is 5.61. The first kappa shape index (κ1) is 12.2. The van der Waals surface area contributed by atoms with E-state index in [9.17, 15) is 0 Å². The molecule has 0 radical (unpaired) electrons. The van der Waals surface area contributed by atoms with E-state index in [2.05, 4.69) is 15.9 Å². The molecule has 17 heavy (non-hydrogen) atoms. The molecule has 0 amide bonds. The van der Waals surface area contributed by atoms with Crippen LogP contribution in [0.2, 0.25) is 0 Å². The third kappa shape index (κ3) is 3.13. The Bertz CT molecular complexity index is 446. The first-order valence-corrected chi connectivity index (χ1v) is 6.52. The van der Waals surface area contributed by atoms with E-state index in [-0.39, 0.29) is 10.9 Å². The van der Waals surface area contributed by atoms with Crippen LogP contribution in [0.25, 0.3) is 0 Å². The summed E-state index contributed by atoms with van der Waals surface area (Å²) in [5, 5.41) is 0. The first-order chi connectivity index (χ1) is 8.16. The number of benzene rings is 1. The molecule has 1 atom stereocenters. The molecule has 0 saturated heterocycles. The van der Waals surface area contributed by atoms with Crippen molar-refractivity contribution in [2.75, 3.05) is 0 Å². The van der Waals surface area contributed by atoms with Crippen LogP contribution in [0.5, 0.6) is 5.75 Å². The molecule has 0 aliphatic rings. The van der Waals surface area contributed by atoms with Gasteiger partial charge in [0.1, 0.15) is 11.5 Å². The normalized spacial score (nSPS) is 12.7. The van der Waals surface area contributed by atoms with Gasteiger partial charge in [0, 0.05) is 0 Å². The Morgan fingerprint density at radius 2 is 1.82 bits per heavy atom. The lowest BCUT2D eigenvalue weighted by Crippen LogP contribution is -2.05. The van der Waals surface area contributed by atoms with Gasteiger partial charge in [-0.05, 0) is 43.7 Å². The molecule has 2 aromatic rings. The Kier molecular flexibility index (Phi) is 3.89. The minimum atomic E-state index is 0.0885. The number of ether oxygens (including phenoxy) is 1. The molecule has 1 unspecified atom stereocenters. The van der Waals surface area contributed by atoms with E-state index in [4.69, 9.17) is 9.15 Å². The second-order valence-electron chi connectivity index (χ2n) is 4.11. The third-order valence-electron chi connectivity index (χ3n) is 2.34. The van der Waals surface area contributed by atoms with Crippen molar-refractivity contribution in [1.29, 1.82) is 0 Å². The molecule has 1 aromatic heterocycles. The fourth-order valence-electron chi connectivity index (χ4n) is 1.59. The fourth-order valence-corrected chi connectivity index (χ4v) is 2.15. The number of alkyl halides is 1. The van der Waals surface area contributed by atoms with E-state index in [1.54, 1.807) is 6.26 Å². The summed E-state index contributed by atoms with van der Waals surface area (Å²) in [5.74, 6) is 1.80. The lowest BCUT2D eigenvalue weighted by atomic mass is 10.1. The van der Waals surface area contributed by atoms with Gasteiger partial charge in [0.25, 0.3) is 0 Å². The molecular formula is C14H15BrO2. The van der Waals surface area contributed by atoms with Crippen LogP contribution in [0.1, 0.15) is 30.0 Å². The van der Waals surface area contributed by atoms with Gasteiger partial charge in [-0.25, -0.2) is 0 Å². The smallest absolute Gasteiger partial charge is 0.121 e. The van der Waals surface area contributed by atoms with Crippen molar-refractivity contribution in [3.8, 4) is 5.75 Å². The summed E-state index contributed by atoms with van der Waals surface area (Å²) >= 11 is 3.61. The van der Waals surface area contributed by atoms with Crippen LogP contribution in [0.15, 0.2) is 47.1 Å². The quantitative estimate of drug-likeness (QED) is 0.772. The molecule has 0 fully saturated rings. The predicted octanol–water partition coefficient (Wildman–Crippen LogP) is 4.55. The molecule has 1 aromatic carbocycles. The maximum absolute atomic E-state index is 5.60. The maximum Gasteiger partial charge on any atom is 0.121 e. The van der Waals surface area contributed by atoms with Gasteiger partial charge in [-0.3, -0.25) is 0 Å². The van der Waals surface area contributed by atoms with Crippen molar-refractivity contribution in [2.45, 2.75) is 24.8 Å². The molecule has 0 N–H and O–H groups in total. The fraction of sp³-hybridized carbons (Fsp3) is 0.286. The summed E-state index contributed by atoms with van der Waals surface area (Å²) in [6.45, 7) is 4.04. The van der Waals surface area contributed by atoms with E-state index in [1.807, 2.05) is 50.2 Å². The summed E-state index contributed by atoms with van der Waals surface area (Å²) in [5.41, 5.74) is 1.15. The van der Waals surface area contributed by atoms with Gasteiger partial charge in [0.05, 0.1) is 17.2 Å². The van der Waals surface area contributed by atoms with Gasteiger partial charge < -0.3 is 9.15 Å². The predicted molar refractivity (Wildman–Crippen MR) is 71.7 cm³/mol. The van der Waals surface area contributed by atoms with E-state index in [1.165, 1.54) is 0 Å². The van der Waals surface area contributed by atoms with Crippen molar-refractivity contribution >= 4 is 15.9 Å². The third-order valence-corrected chi connectivity index (χ3v) is 3.32. The topological polar surface area (TPSA) is 22.4 Å². The lowest BCUT2D eigenvalue weighted by Gasteiger charge is -2.11. The summed E-state index contributed by atoms with van der Waals surface area (Å²) < 4.78 is 11.0. The summed E-state index contributed by atoms with van der Waals surface area (Å²) in [7, 11) is 0. The van der Waals surface area contributed by atoms with Crippen molar-refractivity contribution in [3.63, 3.8) is 0 Å². The second kappa shape index (κ2) is 5.41. The van der Waals surface area contributed by atoms with Crippen LogP contribution < -0.4 is 4.74 Å². The Morgan fingerprint density at radius 3 is 2.35 bits per heavy atom. The summed E-state index contributed by atoms with van der Waals surface area (Å²) in [4.78, 5) is 0.0885. The number of halogens is 1. The van der Waals surface area contributed by atoms with Crippen molar-refractivity contribution in [2.24, 2.45) is 0 Å². The summed E-state index contributed by atoms with van der Waals surface area (Å²) in [6, 6.07) is 11.9. The van der Waals surface area contributed by atoms with Gasteiger partial charge in [0.2, 0.25) is 0 Å². The highest BCUT2D eigenvalue weighted by atomic mass is 79.9. The monoisotopic (exact) mass is 294 g/mol. The molecule has 0 bridgehead atoms. The van der Waals surface area contributed by atoms with Crippen LogP contribution in [0.3, 0.4) is 0 Å². The Morgan fingerprint density at radius 1 is 1.12 bits per heavy atom. The number of furan rings is 1. The van der Waals surface area contributed by atoms with E-state index >= 15 is 0 Å². The van der Waals surface area contributed by atoms with Gasteiger partial charge in [-0.2, -0.15) is 0 Å². The van der Waals surface area contributed by atoms with Gasteiger partial charge in [-0.1, -0.05) is 28.1 Å². The van der Waals surface area contributed by atoms with Crippen LogP contribution in [0.4, 0.5) is 0 Å². The highest BCUT2D eigenvalue weighted by molar-refractivity contribution is 9.09. The second-order valence-corrected chi connectivity index (χ2v) is 5.03. The molecule has 0 aliphatic heterocycles. The zero-order chi connectivity index (χ0) is 12.3. The van der Waals surface area contributed by atoms with Crippen molar-refractivity contribution in [1.82, 2.24) is 0 Å². The average molecular weight is 295 g/mol. The van der Waals surface area contributed by atoms with Crippen LogP contribution in [-0.2, 0) is 0 Å². The molecule has 3 heteroatoms. The number of rotatable bonds is 4. The molecule has 90 valence electrons. The Hall–Kier alpha value is -1.22. The summed E-state index contributed by atoms with van der Waals surface area (Å²) in [6.07, 6.45) is 1.88. The molecule has 0 saturated carbocycles. The average Bonchev–Trinajstić information content (AvgIpc) is 2.82. The van der Waals surface area contributed by atoms with E-state index in [0.717, 1.165) is 17.1 Å². The molecule has 2 rings (SSSR count). The van der Waals surface area contributed by atoms with E-state index < -0.39 is 0 Å². The lowest BCUT2D eigenvalue weighted by molar-refractivity contribution is 0.242. The SMILES string of the molecule is CC(C)Oc1ccc(C(Br)c2ccco2)cc1. The minimum absolute atomic E-state index is 0.0885. The van der Waals surface area contributed by atoms with Gasteiger partial charge in [-0.15, -0.1) is 0 Å².